The van der Waals surface area contributed by atoms with Crippen LogP contribution >= 0.6 is 35.3 Å². The van der Waals surface area contributed by atoms with Gasteiger partial charge in [-0.2, -0.15) is 0 Å². The largest absolute Gasteiger partial charge is 0.357 e. The smallest absolute Gasteiger partial charge is 0.252 e. The van der Waals surface area contributed by atoms with Crippen LogP contribution in [0.1, 0.15) is 34.0 Å². The lowest BCUT2D eigenvalue weighted by Gasteiger charge is -2.17. The van der Waals surface area contributed by atoms with Crippen molar-refractivity contribution in [2.24, 2.45) is 4.99 Å². The Morgan fingerprint density at radius 2 is 2.11 bits per heavy atom. The zero-order chi connectivity index (χ0) is 18.8. The van der Waals surface area contributed by atoms with E-state index in [9.17, 15) is 4.79 Å². The van der Waals surface area contributed by atoms with Gasteiger partial charge < -0.3 is 16.0 Å². The van der Waals surface area contributed by atoms with E-state index in [2.05, 4.69) is 51.9 Å². The fourth-order valence-electron chi connectivity index (χ4n) is 2.44. The van der Waals surface area contributed by atoms with Crippen LogP contribution in [0, 0.1) is 6.92 Å². The molecule has 2 aromatic rings. The number of halogens is 1. The van der Waals surface area contributed by atoms with E-state index in [-0.39, 0.29) is 35.9 Å². The highest BCUT2D eigenvalue weighted by atomic mass is 127. The number of aryl methyl sites for hydroxylation is 1. The molecule has 0 spiro atoms. The molecule has 1 unspecified atom stereocenters. The lowest BCUT2D eigenvalue weighted by molar-refractivity contribution is 0.0954. The SMILES string of the molecule is CCNC(=NCCNC(=O)c1cccnc1)NC(C)Cc1ccc(C)s1.I. The van der Waals surface area contributed by atoms with E-state index in [1.54, 1.807) is 24.5 Å². The molecule has 27 heavy (non-hydrogen) atoms. The van der Waals surface area contributed by atoms with Gasteiger partial charge in [-0.25, -0.2) is 0 Å². The number of guanidine groups is 1. The Morgan fingerprint density at radius 3 is 2.74 bits per heavy atom. The quantitative estimate of drug-likeness (QED) is 0.225. The molecule has 1 atom stereocenters. The van der Waals surface area contributed by atoms with Crippen LogP contribution in [0.25, 0.3) is 0 Å². The van der Waals surface area contributed by atoms with Crippen molar-refractivity contribution >= 4 is 47.2 Å². The summed E-state index contributed by atoms with van der Waals surface area (Å²) in [6, 6.07) is 8.09. The van der Waals surface area contributed by atoms with Gasteiger partial charge in [-0.1, -0.05) is 0 Å². The maximum absolute atomic E-state index is 12.0. The van der Waals surface area contributed by atoms with Crippen LogP contribution in [0.15, 0.2) is 41.7 Å². The summed E-state index contributed by atoms with van der Waals surface area (Å²) in [6.45, 7) is 8.08. The predicted molar refractivity (Wildman–Crippen MR) is 123 cm³/mol. The highest BCUT2D eigenvalue weighted by molar-refractivity contribution is 14.0. The van der Waals surface area contributed by atoms with Crippen LogP contribution in [0.5, 0.6) is 0 Å². The number of carbonyl (C=O) groups excluding carboxylic acids is 1. The van der Waals surface area contributed by atoms with Crippen LogP contribution in [0.2, 0.25) is 0 Å². The van der Waals surface area contributed by atoms with E-state index < -0.39 is 0 Å². The van der Waals surface area contributed by atoms with Crippen molar-refractivity contribution in [3.63, 3.8) is 0 Å². The van der Waals surface area contributed by atoms with E-state index in [0.29, 0.717) is 18.7 Å². The van der Waals surface area contributed by atoms with E-state index in [1.807, 2.05) is 18.3 Å². The minimum atomic E-state index is -0.132. The zero-order valence-corrected chi connectivity index (χ0v) is 19.1. The molecule has 6 nitrogen and oxygen atoms in total. The molecule has 0 aliphatic carbocycles. The van der Waals surface area contributed by atoms with Gasteiger partial charge in [-0.15, -0.1) is 35.3 Å². The third kappa shape index (κ3) is 8.70. The number of rotatable bonds is 8. The van der Waals surface area contributed by atoms with Crippen LogP contribution in [0.3, 0.4) is 0 Å². The summed E-state index contributed by atoms with van der Waals surface area (Å²) in [6.07, 6.45) is 4.16. The van der Waals surface area contributed by atoms with Gasteiger partial charge in [0.2, 0.25) is 0 Å². The topological polar surface area (TPSA) is 78.4 Å². The number of hydrogen-bond donors (Lipinski definition) is 3. The van der Waals surface area contributed by atoms with Gasteiger partial charge >= 0.3 is 0 Å². The van der Waals surface area contributed by atoms with Crippen LogP contribution in [-0.2, 0) is 6.42 Å². The number of nitrogens with one attached hydrogen (secondary N) is 3. The number of hydrogen-bond acceptors (Lipinski definition) is 4. The Kier molecular flexibility index (Phi) is 11.0. The average Bonchev–Trinajstić information content (AvgIpc) is 3.04. The van der Waals surface area contributed by atoms with Gasteiger partial charge in [0.1, 0.15) is 0 Å². The standard InChI is InChI=1S/C19H27N5OS.HI/c1-4-21-19(24-14(2)12-17-8-7-15(3)26-17)23-11-10-22-18(25)16-6-5-9-20-13-16;/h5-9,13-14H,4,10-12H2,1-3H3,(H,22,25)(H2,21,23,24);1H. The number of thiophene rings is 1. The Morgan fingerprint density at radius 1 is 1.30 bits per heavy atom. The molecule has 0 aliphatic heterocycles. The molecule has 3 N–H and O–H groups in total. The molecule has 148 valence electrons. The molecule has 0 bridgehead atoms. The number of carbonyl (C=O) groups is 1. The van der Waals surface area contributed by atoms with Crippen molar-refractivity contribution in [2.75, 3.05) is 19.6 Å². The zero-order valence-electron chi connectivity index (χ0n) is 16.0. The van der Waals surface area contributed by atoms with Crippen molar-refractivity contribution in [1.82, 2.24) is 20.9 Å². The molecule has 0 aromatic carbocycles. The maximum Gasteiger partial charge on any atom is 0.252 e. The molecule has 2 rings (SSSR count). The third-order valence-electron chi connectivity index (χ3n) is 3.62. The second kappa shape index (κ2) is 12.7. The summed E-state index contributed by atoms with van der Waals surface area (Å²) < 4.78 is 0. The molecule has 2 heterocycles. The minimum Gasteiger partial charge on any atom is -0.357 e. The van der Waals surface area contributed by atoms with Gasteiger partial charge in [0.05, 0.1) is 12.1 Å². The van der Waals surface area contributed by atoms with E-state index >= 15 is 0 Å². The Labute approximate surface area is 182 Å². The third-order valence-corrected chi connectivity index (χ3v) is 4.64. The molecular formula is C19H28IN5OS. The lowest BCUT2D eigenvalue weighted by atomic mass is 10.2. The van der Waals surface area contributed by atoms with Crippen molar-refractivity contribution in [3.8, 4) is 0 Å². The van der Waals surface area contributed by atoms with Gasteiger partial charge in [0.15, 0.2) is 5.96 Å². The van der Waals surface area contributed by atoms with Crippen LogP contribution in [0.4, 0.5) is 0 Å². The van der Waals surface area contributed by atoms with Crippen molar-refractivity contribution in [1.29, 1.82) is 0 Å². The van der Waals surface area contributed by atoms with E-state index in [4.69, 9.17) is 0 Å². The molecule has 0 radical (unpaired) electrons. The monoisotopic (exact) mass is 501 g/mol. The molecule has 8 heteroatoms. The van der Waals surface area contributed by atoms with Crippen LogP contribution in [-0.4, -0.2) is 42.5 Å². The molecular weight excluding hydrogens is 473 g/mol. The number of amides is 1. The first kappa shape index (κ1) is 23.4. The number of nitrogens with zero attached hydrogens (tertiary/aromatic N) is 2. The highest BCUT2D eigenvalue weighted by Gasteiger charge is 2.08. The molecule has 0 aliphatic rings. The fourth-order valence-corrected chi connectivity index (χ4v) is 3.46. The molecule has 0 saturated carbocycles. The summed E-state index contributed by atoms with van der Waals surface area (Å²) in [5.41, 5.74) is 0.557. The van der Waals surface area contributed by atoms with Crippen LogP contribution < -0.4 is 16.0 Å². The van der Waals surface area contributed by atoms with E-state index in [0.717, 1.165) is 18.9 Å². The molecule has 2 aromatic heterocycles. The van der Waals surface area contributed by atoms with Gasteiger partial charge in [-0.3, -0.25) is 14.8 Å². The maximum atomic E-state index is 12.0. The first-order valence-corrected chi connectivity index (χ1v) is 9.68. The summed E-state index contributed by atoms with van der Waals surface area (Å²) >= 11 is 1.83. The number of aromatic nitrogens is 1. The fraction of sp³-hybridized carbons (Fsp3) is 0.421. The first-order chi connectivity index (χ1) is 12.6. The van der Waals surface area contributed by atoms with Crippen molar-refractivity contribution in [3.05, 3.63) is 52.0 Å². The summed E-state index contributed by atoms with van der Waals surface area (Å²) in [5.74, 6) is 0.636. The predicted octanol–water partition coefficient (Wildman–Crippen LogP) is 2.99. The van der Waals surface area contributed by atoms with E-state index in [1.165, 1.54) is 9.75 Å². The minimum absolute atomic E-state index is 0. The van der Waals surface area contributed by atoms with Gasteiger partial charge in [0, 0.05) is 47.7 Å². The summed E-state index contributed by atoms with van der Waals surface area (Å²) in [7, 11) is 0. The highest BCUT2D eigenvalue weighted by Crippen LogP contribution is 2.16. The molecule has 0 saturated heterocycles. The van der Waals surface area contributed by atoms with Gasteiger partial charge in [-0.05, 0) is 45.0 Å². The second-order valence-corrected chi connectivity index (χ2v) is 7.39. The summed E-state index contributed by atoms with van der Waals surface area (Å²) in [4.78, 5) is 23.1. The second-order valence-electron chi connectivity index (χ2n) is 6.02. The Bertz CT molecular complexity index is 720. The molecule has 1 amide bonds. The summed E-state index contributed by atoms with van der Waals surface area (Å²) in [5, 5.41) is 9.51. The van der Waals surface area contributed by atoms with Gasteiger partial charge in [0.25, 0.3) is 5.91 Å². The lowest BCUT2D eigenvalue weighted by Crippen LogP contribution is -2.43. The van der Waals surface area contributed by atoms with Crippen molar-refractivity contribution in [2.45, 2.75) is 33.2 Å². The Balaban J connectivity index is 0.00000364. The Hall–Kier alpha value is -1.68. The number of aliphatic imine (C=N–C) groups is 1. The normalized spacial score (nSPS) is 12.0. The molecule has 0 fully saturated rings. The average molecular weight is 501 g/mol. The first-order valence-electron chi connectivity index (χ1n) is 8.87. The van der Waals surface area contributed by atoms with Crippen molar-refractivity contribution < 1.29 is 4.79 Å². The number of pyridine rings is 1.